The smallest absolute Gasteiger partial charge is 0.318 e. The lowest BCUT2D eigenvalue weighted by Crippen LogP contribution is -2.31. The van der Waals surface area contributed by atoms with Gasteiger partial charge in [-0.1, -0.05) is 49.4 Å². The SMILES string of the molecule is C.CC(=O)c1ccc(N2CCN(Cc3ccccc3)C2=O)cc1Cl. The van der Waals surface area contributed by atoms with E-state index < -0.39 is 0 Å². The molecule has 0 saturated carbocycles. The van der Waals surface area contributed by atoms with Crippen molar-refractivity contribution in [1.82, 2.24) is 4.90 Å². The van der Waals surface area contributed by atoms with Crippen molar-refractivity contribution in [2.75, 3.05) is 18.0 Å². The largest absolute Gasteiger partial charge is 0.324 e. The van der Waals surface area contributed by atoms with Crippen LogP contribution in [0.3, 0.4) is 0 Å². The molecule has 0 unspecified atom stereocenters. The Morgan fingerprint density at radius 1 is 1.12 bits per heavy atom. The van der Waals surface area contributed by atoms with E-state index in [0.717, 1.165) is 11.3 Å². The van der Waals surface area contributed by atoms with Gasteiger partial charge in [0.2, 0.25) is 0 Å². The number of hydrogen-bond acceptors (Lipinski definition) is 2. The molecule has 0 aliphatic carbocycles. The highest BCUT2D eigenvalue weighted by Crippen LogP contribution is 2.27. The van der Waals surface area contributed by atoms with Crippen LogP contribution in [-0.2, 0) is 6.54 Å². The number of hydrogen-bond donors (Lipinski definition) is 0. The number of ketones is 1. The highest BCUT2D eigenvalue weighted by atomic mass is 35.5. The van der Waals surface area contributed by atoms with Gasteiger partial charge in [0.15, 0.2) is 5.78 Å². The number of carbonyl (C=O) groups excluding carboxylic acids is 2. The van der Waals surface area contributed by atoms with Crippen LogP contribution in [-0.4, -0.2) is 29.8 Å². The van der Waals surface area contributed by atoms with Gasteiger partial charge in [0.1, 0.15) is 0 Å². The number of Topliss-reactive ketones (excluding diaryl/α,β-unsaturated/α-hetero) is 1. The summed E-state index contributed by atoms with van der Waals surface area (Å²) in [5, 5.41) is 0.379. The molecule has 1 heterocycles. The van der Waals surface area contributed by atoms with Crippen LogP contribution in [0.4, 0.5) is 10.5 Å². The van der Waals surface area contributed by atoms with Crippen molar-refractivity contribution in [2.24, 2.45) is 0 Å². The van der Waals surface area contributed by atoms with Crippen LogP contribution < -0.4 is 4.90 Å². The van der Waals surface area contributed by atoms with Crippen molar-refractivity contribution < 1.29 is 9.59 Å². The van der Waals surface area contributed by atoms with Gasteiger partial charge in [-0.3, -0.25) is 9.69 Å². The normalized spacial score (nSPS) is 13.8. The predicted molar refractivity (Wildman–Crippen MR) is 97.8 cm³/mol. The number of urea groups is 1. The average molecular weight is 345 g/mol. The fraction of sp³-hybridized carbons (Fsp3) is 0.263. The number of carbonyl (C=O) groups is 2. The number of benzene rings is 2. The molecule has 2 aromatic carbocycles. The van der Waals surface area contributed by atoms with Crippen LogP contribution in [0.2, 0.25) is 5.02 Å². The number of amides is 2. The van der Waals surface area contributed by atoms with E-state index in [1.54, 1.807) is 23.1 Å². The zero-order chi connectivity index (χ0) is 16.4. The van der Waals surface area contributed by atoms with Crippen LogP contribution in [0.1, 0.15) is 30.3 Å². The molecule has 0 spiro atoms. The van der Waals surface area contributed by atoms with E-state index in [2.05, 4.69) is 0 Å². The Morgan fingerprint density at radius 2 is 1.83 bits per heavy atom. The Balaban J connectivity index is 0.00000208. The van der Waals surface area contributed by atoms with Gasteiger partial charge in [0.25, 0.3) is 0 Å². The second kappa shape index (κ2) is 7.49. The predicted octanol–water partition coefficient (Wildman–Crippen LogP) is 4.62. The first-order valence-corrected chi connectivity index (χ1v) is 7.85. The van der Waals surface area contributed by atoms with Crippen molar-refractivity contribution in [2.45, 2.75) is 20.9 Å². The highest BCUT2D eigenvalue weighted by Gasteiger charge is 2.29. The molecule has 1 aliphatic heterocycles. The Labute approximate surface area is 147 Å². The molecule has 24 heavy (non-hydrogen) atoms. The van der Waals surface area contributed by atoms with Gasteiger partial charge in [-0.05, 0) is 30.7 Å². The first kappa shape index (κ1) is 18.0. The molecule has 0 N–H and O–H groups in total. The Bertz CT molecular complexity index is 746. The molecule has 2 aromatic rings. The van der Waals surface area contributed by atoms with Gasteiger partial charge in [0.05, 0.1) is 5.02 Å². The third kappa shape index (κ3) is 3.60. The molecular weight excluding hydrogens is 324 g/mol. The number of anilines is 1. The van der Waals surface area contributed by atoms with Gasteiger partial charge in [-0.15, -0.1) is 0 Å². The monoisotopic (exact) mass is 344 g/mol. The zero-order valence-electron chi connectivity index (χ0n) is 12.8. The fourth-order valence-corrected chi connectivity index (χ4v) is 3.04. The van der Waals surface area contributed by atoms with Crippen molar-refractivity contribution in [3.63, 3.8) is 0 Å². The second-order valence-electron chi connectivity index (χ2n) is 5.56. The van der Waals surface area contributed by atoms with E-state index in [1.807, 2.05) is 35.2 Å². The molecule has 0 bridgehead atoms. The van der Waals surface area contributed by atoms with Crippen molar-refractivity contribution in [1.29, 1.82) is 0 Å². The van der Waals surface area contributed by atoms with E-state index >= 15 is 0 Å². The third-order valence-corrected chi connectivity index (χ3v) is 4.27. The van der Waals surface area contributed by atoms with E-state index in [4.69, 9.17) is 11.6 Å². The molecule has 126 valence electrons. The first-order chi connectivity index (χ1) is 11.1. The zero-order valence-corrected chi connectivity index (χ0v) is 13.6. The van der Waals surface area contributed by atoms with Crippen molar-refractivity contribution in [3.8, 4) is 0 Å². The van der Waals surface area contributed by atoms with E-state index in [1.165, 1.54) is 6.92 Å². The van der Waals surface area contributed by atoms with Crippen LogP contribution in [0.25, 0.3) is 0 Å². The molecule has 1 fully saturated rings. The third-order valence-electron chi connectivity index (χ3n) is 3.95. The molecule has 0 aromatic heterocycles. The second-order valence-corrected chi connectivity index (χ2v) is 5.97. The summed E-state index contributed by atoms with van der Waals surface area (Å²) in [5.41, 5.74) is 2.30. The van der Waals surface area contributed by atoms with Gasteiger partial charge in [-0.2, -0.15) is 0 Å². The average Bonchev–Trinajstić information content (AvgIpc) is 2.89. The van der Waals surface area contributed by atoms with Crippen LogP contribution in [0.15, 0.2) is 48.5 Å². The highest BCUT2D eigenvalue weighted by molar-refractivity contribution is 6.34. The first-order valence-electron chi connectivity index (χ1n) is 7.47. The lowest BCUT2D eigenvalue weighted by molar-refractivity contribution is 0.101. The number of rotatable bonds is 4. The molecule has 2 amide bonds. The topological polar surface area (TPSA) is 40.6 Å². The molecular formula is C19H21ClN2O2. The summed E-state index contributed by atoms with van der Waals surface area (Å²) in [6, 6.07) is 15.0. The van der Waals surface area contributed by atoms with Gasteiger partial charge in [0, 0.05) is 30.9 Å². The maximum Gasteiger partial charge on any atom is 0.324 e. The van der Waals surface area contributed by atoms with Crippen LogP contribution >= 0.6 is 11.6 Å². The fourth-order valence-electron chi connectivity index (χ4n) is 2.73. The lowest BCUT2D eigenvalue weighted by Gasteiger charge is -2.19. The molecule has 3 rings (SSSR count). The van der Waals surface area contributed by atoms with E-state index in [-0.39, 0.29) is 19.2 Å². The summed E-state index contributed by atoms with van der Waals surface area (Å²) in [5.74, 6) is -0.0833. The Kier molecular flexibility index (Phi) is 5.62. The molecule has 5 heteroatoms. The summed E-state index contributed by atoms with van der Waals surface area (Å²) in [7, 11) is 0. The maximum absolute atomic E-state index is 12.6. The lowest BCUT2D eigenvalue weighted by atomic mass is 10.1. The van der Waals surface area contributed by atoms with E-state index in [9.17, 15) is 9.59 Å². The minimum Gasteiger partial charge on any atom is -0.318 e. The summed E-state index contributed by atoms with van der Waals surface area (Å²) in [4.78, 5) is 27.5. The van der Waals surface area contributed by atoms with Crippen LogP contribution in [0.5, 0.6) is 0 Å². The molecule has 1 saturated heterocycles. The number of halogens is 1. The van der Waals surface area contributed by atoms with Gasteiger partial charge < -0.3 is 4.90 Å². The van der Waals surface area contributed by atoms with E-state index in [0.29, 0.717) is 30.2 Å². The maximum atomic E-state index is 12.6. The molecule has 0 atom stereocenters. The molecule has 4 nitrogen and oxygen atoms in total. The van der Waals surface area contributed by atoms with Crippen molar-refractivity contribution in [3.05, 3.63) is 64.7 Å². The van der Waals surface area contributed by atoms with Crippen LogP contribution in [0, 0.1) is 0 Å². The molecule has 1 aliphatic rings. The quantitative estimate of drug-likeness (QED) is 0.759. The summed E-state index contributed by atoms with van der Waals surface area (Å²) in [6.45, 7) is 3.35. The van der Waals surface area contributed by atoms with Gasteiger partial charge >= 0.3 is 6.03 Å². The minimum absolute atomic E-state index is 0. The summed E-state index contributed by atoms with van der Waals surface area (Å²) < 4.78 is 0. The Morgan fingerprint density at radius 3 is 2.46 bits per heavy atom. The summed E-state index contributed by atoms with van der Waals surface area (Å²) in [6.07, 6.45) is 0. The molecule has 0 radical (unpaired) electrons. The standard InChI is InChI=1S/C18H17ClN2O2.CH4/c1-13(22)16-8-7-15(11-17(16)19)21-10-9-20(18(21)23)12-14-5-3-2-4-6-14;/h2-8,11H,9-10,12H2,1H3;1H4. The number of nitrogens with zero attached hydrogens (tertiary/aromatic N) is 2. The minimum atomic E-state index is -0.0833. The Hall–Kier alpha value is -2.33. The summed E-state index contributed by atoms with van der Waals surface area (Å²) >= 11 is 6.14. The van der Waals surface area contributed by atoms with Crippen molar-refractivity contribution >= 4 is 29.1 Å². The van der Waals surface area contributed by atoms with Gasteiger partial charge in [-0.25, -0.2) is 4.79 Å².